The van der Waals surface area contributed by atoms with E-state index in [1.54, 1.807) is 0 Å². The zero-order chi connectivity index (χ0) is 38.5. The molecule has 0 unspecified atom stereocenters. The smallest absolute Gasteiger partial charge is 0.164 e. The third-order valence-electron chi connectivity index (χ3n) is 11.2. The topological polar surface area (TPSA) is 75.3 Å². The third-order valence-corrected chi connectivity index (χ3v) is 11.2. The number of nitrogens with zero attached hydrogens (tertiary/aromatic N) is 5. The second-order valence-corrected chi connectivity index (χ2v) is 15.0. The highest BCUT2D eigenvalue weighted by atomic mass is 15.0. The Bertz CT molecular complexity index is 3030. The van der Waals surface area contributed by atoms with Crippen molar-refractivity contribution in [3.8, 4) is 84.7 Å². The number of pyridine rings is 1. The van der Waals surface area contributed by atoms with Gasteiger partial charge in [0.25, 0.3) is 0 Å². The zero-order valence-electron chi connectivity index (χ0n) is 31.5. The zero-order valence-corrected chi connectivity index (χ0v) is 31.5. The largest absolute Gasteiger partial charge is 0.256 e. The molecule has 0 spiro atoms. The summed E-state index contributed by atoms with van der Waals surface area (Å²) in [5.74, 6) is 1.80. The molecule has 268 valence electrons. The standard InChI is InChI=1S/C52H35N5/c1-52(2)46-27-33(32-53)18-24-43(46)44-25-23-38(31-47(44)52)39-28-40(42-15-9-17-48-45(42)16-10-26-54-48)30-41(29-39)51-56-49(36-13-7-4-8-14-36)55-50(57-51)37-21-19-35(20-22-37)34-11-5-3-6-12-34/h3-31H,1-2H3. The van der Waals surface area contributed by atoms with Crippen molar-refractivity contribution in [3.63, 3.8) is 0 Å². The van der Waals surface area contributed by atoms with E-state index in [0.717, 1.165) is 61.0 Å². The van der Waals surface area contributed by atoms with Gasteiger partial charge in [0.1, 0.15) is 0 Å². The van der Waals surface area contributed by atoms with E-state index in [0.29, 0.717) is 23.0 Å². The van der Waals surface area contributed by atoms with Crippen molar-refractivity contribution in [1.29, 1.82) is 5.26 Å². The highest BCUT2D eigenvalue weighted by Gasteiger charge is 2.36. The van der Waals surface area contributed by atoms with Crippen molar-refractivity contribution in [2.24, 2.45) is 0 Å². The fourth-order valence-electron chi connectivity index (χ4n) is 8.21. The van der Waals surface area contributed by atoms with E-state index >= 15 is 0 Å². The molecule has 5 nitrogen and oxygen atoms in total. The molecule has 1 aliphatic carbocycles. The first-order valence-corrected chi connectivity index (χ1v) is 19.1. The van der Waals surface area contributed by atoms with Gasteiger partial charge >= 0.3 is 0 Å². The number of hydrogen-bond acceptors (Lipinski definition) is 5. The van der Waals surface area contributed by atoms with Gasteiger partial charge in [-0.3, -0.25) is 4.98 Å². The lowest BCUT2D eigenvalue weighted by Gasteiger charge is -2.22. The highest BCUT2D eigenvalue weighted by molar-refractivity contribution is 5.96. The van der Waals surface area contributed by atoms with E-state index < -0.39 is 0 Å². The number of nitriles is 1. The van der Waals surface area contributed by atoms with Gasteiger partial charge in [0.05, 0.1) is 17.1 Å². The summed E-state index contributed by atoms with van der Waals surface area (Å²) in [5, 5.41) is 10.8. The van der Waals surface area contributed by atoms with Crippen molar-refractivity contribution in [3.05, 3.63) is 193 Å². The first-order valence-electron chi connectivity index (χ1n) is 19.1. The van der Waals surface area contributed by atoms with Crippen molar-refractivity contribution in [2.75, 3.05) is 0 Å². The maximum absolute atomic E-state index is 9.70. The van der Waals surface area contributed by atoms with Gasteiger partial charge in [0, 0.05) is 33.7 Å². The Morgan fingerprint density at radius 1 is 0.421 bits per heavy atom. The van der Waals surface area contributed by atoms with Crippen LogP contribution in [0.3, 0.4) is 0 Å². The maximum Gasteiger partial charge on any atom is 0.164 e. The molecule has 0 saturated carbocycles. The number of benzene rings is 7. The van der Waals surface area contributed by atoms with E-state index in [-0.39, 0.29) is 5.41 Å². The first kappa shape index (κ1) is 34.0. The predicted octanol–water partition coefficient (Wildman–Crippen LogP) is 12.6. The van der Waals surface area contributed by atoms with Crippen LogP contribution < -0.4 is 0 Å². The maximum atomic E-state index is 9.70. The summed E-state index contributed by atoms with van der Waals surface area (Å²) in [7, 11) is 0. The lowest BCUT2D eigenvalue weighted by molar-refractivity contribution is 0.660. The molecule has 7 aromatic carbocycles. The number of aromatic nitrogens is 4. The summed E-state index contributed by atoms with van der Waals surface area (Å²) in [6, 6.07) is 61.1. The van der Waals surface area contributed by atoms with Crippen molar-refractivity contribution >= 4 is 10.9 Å². The van der Waals surface area contributed by atoms with Gasteiger partial charge in [-0.05, 0) is 104 Å². The molecular weight excluding hydrogens is 695 g/mol. The Hall–Kier alpha value is -7.55. The molecule has 5 heteroatoms. The summed E-state index contributed by atoms with van der Waals surface area (Å²) in [4.78, 5) is 20.1. The van der Waals surface area contributed by atoms with Crippen molar-refractivity contribution < 1.29 is 0 Å². The van der Waals surface area contributed by atoms with Crippen LogP contribution in [0.1, 0.15) is 30.5 Å². The molecule has 9 aromatic rings. The van der Waals surface area contributed by atoms with Crippen LogP contribution >= 0.6 is 0 Å². The summed E-state index contributed by atoms with van der Waals surface area (Å²) < 4.78 is 0. The molecule has 0 saturated heterocycles. The molecular formula is C52H35N5. The molecule has 0 atom stereocenters. The normalized spacial score (nSPS) is 12.5. The molecule has 0 fully saturated rings. The molecule has 0 aliphatic heterocycles. The summed E-state index contributed by atoms with van der Waals surface area (Å²) in [5.41, 5.74) is 15.4. The highest BCUT2D eigenvalue weighted by Crippen LogP contribution is 2.50. The Morgan fingerprint density at radius 2 is 0.982 bits per heavy atom. The fourth-order valence-corrected chi connectivity index (χ4v) is 8.21. The van der Waals surface area contributed by atoms with Gasteiger partial charge in [-0.1, -0.05) is 135 Å². The van der Waals surface area contributed by atoms with Crippen molar-refractivity contribution in [2.45, 2.75) is 19.3 Å². The van der Waals surface area contributed by atoms with E-state index in [2.05, 4.69) is 140 Å². The molecule has 10 rings (SSSR count). The van der Waals surface area contributed by atoms with Crippen LogP contribution in [0.15, 0.2) is 176 Å². The Morgan fingerprint density at radius 3 is 1.70 bits per heavy atom. The van der Waals surface area contributed by atoms with Gasteiger partial charge in [-0.25, -0.2) is 15.0 Å². The molecule has 57 heavy (non-hydrogen) atoms. The van der Waals surface area contributed by atoms with Gasteiger partial charge in [0.15, 0.2) is 17.5 Å². The minimum absolute atomic E-state index is 0.279. The van der Waals surface area contributed by atoms with Crippen LogP contribution in [-0.4, -0.2) is 19.9 Å². The van der Waals surface area contributed by atoms with Crippen LogP contribution in [-0.2, 0) is 5.41 Å². The number of rotatable bonds is 6. The van der Waals surface area contributed by atoms with Crippen LogP contribution in [0.5, 0.6) is 0 Å². The molecule has 0 N–H and O–H groups in total. The second kappa shape index (κ2) is 13.6. The number of fused-ring (bicyclic) bond motifs is 4. The average Bonchev–Trinajstić information content (AvgIpc) is 3.51. The Balaban J connectivity index is 1.17. The monoisotopic (exact) mass is 729 g/mol. The van der Waals surface area contributed by atoms with Gasteiger partial charge in [-0.15, -0.1) is 0 Å². The first-order chi connectivity index (χ1) is 27.9. The van der Waals surface area contributed by atoms with Gasteiger partial charge in [0.2, 0.25) is 0 Å². The minimum Gasteiger partial charge on any atom is -0.256 e. The van der Waals surface area contributed by atoms with Crippen LogP contribution in [0.25, 0.3) is 89.6 Å². The van der Waals surface area contributed by atoms with Crippen LogP contribution in [0.4, 0.5) is 0 Å². The minimum atomic E-state index is -0.279. The number of hydrogen-bond donors (Lipinski definition) is 0. The van der Waals surface area contributed by atoms with E-state index in [9.17, 15) is 5.26 Å². The quantitative estimate of drug-likeness (QED) is 0.170. The lowest BCUT2D eigenvalue weighted by atomic mass is 9.81. The lowest BCUT2D eigenvalue weighted by Crippen LogP contribution is -2.15. The summed E-state index contributed by atoms with van der Waals surface area (Å²) in [6.07, 6.45) is 1.83. The fraction of sp³-hybridized carbons (Fsp3) is 0.0577. The summed E-state index contributed by atoms with van der Waals surface area (Å²) in [6.45, 7) is 4.49. The van der Waals surface area contributed by atoms with Crippen LogP contribution in [0, 0.1) is 11.3 Å². The third kappa shape index (κ3) is 6.05. The molecule has 0 bridgehead atoms. The van der Waals surface area contributed by atoms with Crippen LogP contribution in [0.2, 0.25) is 0 Å². The van der Waals surface area contributed by atoms with E-state index in [1.165, 1.54) is 22.3 Å². The summed E-state index contributed by atoms with van der Waals surface area (Å²) >= 11 is 0. The van der Waals surface area contributed by atoms with Gasteiger partial charge in [-0.2, -0.15) is 5.26 Å². The molecule has 0 amide bonds. The van der Waals surface area contributed by atoms with Crippen molar-refractivity contribution in [1.82, 2.24) is 19.9 Å². The van der Waals surface area contributed by atoms with E-state index in [4.69, 9.17) is 15.0 Å². The SMILES string of the molecule is CC1(C)c2cc(C#N)ccc2-c2ccc(-c3cc(-c4nc(-c5ccccc5)nc(-c5ccc(-c6ccccc6)cc5)n4)cc(-c4cccc5ncccc45)c3)cc21. The Labute approximate surface area is 331 Å². The van der Waals surface area contributed by atoms with Gasteiger partial charge < -0.3 is 0 Å². The second-order valence-electron chi connectivity index (χ2n) is 15.0. The molecule has 2 aromatic heterocycles. The van der Waals surface area contributed by atoms with E-state index in [1.807, 2.05) is 60.8 Å². The average molecular weight is 730 g/mol. The predicted molar refractivity (Wildman–Crippen MR) is 230 cm³/mol. The molecule has 2 heterocycles. The molecule has 1 aliphatic rings. The Kier molecular flexibility index (Phi) is 8.13. The molecule has 0 radical (unpaired) electrons.